The maximum atomic E-state index is 12.9. The lowest BCUT2D eigenvalue weighted by Crippen LogP contribution is -2.48. The van der Waals surface area contributed by atoms with Crippen LogP contribution in [0.3, 0.4) is 0 Å². The Morgan fingerprint density at radius 2 is 1.38 bits per heavy atom. The van der Waals surface area contributed by atoms with Gasteiger partial charge in [-0.25, -0.2) is 0 Å². The normalized spacial score (nSPS) is 21.6. The maximum Gasteiger partial charge on any atom is 0.250 e. The van der Waals surface area contributed by atoms with Crippen molar-refractivity contribution in [3.63, 3.8) is 0 Å². The average Bonchev–Trinajstić information content (AvgIpc) is 2.72. The number of hydrogen-bond donors (Lipinski definition) is 1. The summed E-state index contributed by atoms with van der Waals surface area (Å²) in [4.78, 5) is 12.9. The van der Waals surface area contributed by atoms with Gasteiger partial charge in [0.1, 0.15) is 12.2 Å². The number of benzene rings is 3. The number of nitrogens with one attached hydrogen (secondary N) is 1. The molecule has 3 nitrogen and oxygen atoms in total. The minimum Gasteiger partial charge on any atom is -0.358 e. The molecule has 6 heteroatoms. The van der Waals surface area contributed by atoms with E-state index < -0.39 is 6.10 Å². The molecular weight excluding hydrogens is 520 g/mol. The summed E-state index contributed by atoms with van der Waals surface area (Å²) in [5.74, 6) is -0.117. The van der Waals surface area contributed by atoms with Crippen molar-refractivity contribution < 1.29 is 9.53 Å². The molecule has 1 aliphatic rings. The molecule has 3 aromatic carbocycles. The number of carbonyl (C=O) groups excluding carboxylic acids is 1. The van der Waals surface area contributed by atoms with Gasteiger partial charge in [0.25, 0.3) is 0 Å². The van der Waals surface area contributed by atoms with Crippen molar-refractivity contribution in [2.45, 2.75) is 24.7 Å². The fourth-order valence-corrected chi connectivity index (χ4v) is 4.08. The highest BCUT2D eigenvalue weighted by molar-refractivity contribution is 14.1. The summed E-state index contributed by atoms with van der Waals surface area (Å²) in [6, 6.07) is 22.8. The van der Waals surface area contributed by atoms with E-state index in [0.717, 1.165) is 20.3 Å². The van der Waals surface area contributed by atoms with Crippen LogP contribution in [-0.4, -0.2) is 12.0 Å². The van der Waals surface area contributed by atoms with Crippen molar-refractivity contribution in [1.29, 1.82) is 0 Å². The quantitative estimate of drug-likeness (QED) is 0.406. The second-order valence-corrected chi connectivity index (χ2v) is 9.08. The molecule has 3 atom stereocenters. The lowest BCUT2D eigenvalue weighted by Gasteiger charge is -2.37. The molecule has 0 radical (unpaired) electrons. The lowest BCUT2D eigenvalue weighted by atomic mass is 9.92. The van der Waals surface area contributed by atoms with E-state index in [-0.39, 0.29) is 18.1 Å². The van der Waals surface area contributed by atoms with Gasteiger partial charge < -0.3 is 10.1 Å². The molecule has 0 unspecified atom stereocenters. The van der Waals surface area contributed by atoms with Crippen LogP contribution in [0.25, 0.3) is 0 Å². The fraction of sp³-hybridized carbons (Fsp3) is 0.174. The van der Waals surface area contributed by atoms with Crippen LogP contribution < -0.4 is 5.32 Å². The molecule has 0 bridgehead atoms. The highest BCUT2D eigenvalue weighted by Gasteiger charge is 2.38. The molecular formula is C23H18Cl2INO2. The molecule has 0 aromatic heterocycles. The molecule has 1 fully saturated rings. The topological polar surface area (TPSA) is 38.3 Å². The van der Waals surface area contributed by atoms with Crippen molar-refractivity contribution in [3.05, 3.63) is 103 Å². The van der Waals surface area contributed by atoms with Gasteiger partial charge in [-0.05, 0) is 75.7 Å². The third kappa shape index (κ3) is 4.94. The molecule has 0 aliphatic carbocycles. The maximum absolute atomic E-state index is 12.9. The number of amides is 1. The van der Waals surface area contributed by atoms with Crippen LogP contribution in [0.2, 0.25) is 10.0 Å². The van der Waals surface area contributed by atoms with Crippen molar-refractivity contribution in [3.8, 4) is 0 Å². The molecule has 3 aromatic rings. The van der Waals surface area contributed by atoms with Gasteiger partial charge in [-0.2, -0.15) is 0 Å². The second-order valence-electron chi connectivity index (χ2n) is 6.97. The molecule has 1 amide bonds. The predicted octanol–water partition coefficient (Wildman–Crippen LogP) is 6.14. The van der Waals surface area contributed by atoms with Crippen LogP contribution in [-0.2, 0) is 16.0 Å². The first-order valence-electron chi connectivity index (χ1n) is 9.21. The third-order valence-electron chi connectivity index (χ3n) is 4.97. The Bertz CT molecular complexity index is 991. The van der Waals surface area contributed by atoms with Gasteiger partial charge in [-0.15, -0.1) is 0 Å². The van der Waals surface area contributed by atoms with Gasteiger partial charge in [-0.1, -0.05) is 59.6 Å². The summed E-state index contributed by atoms with van der Waals surface area (Å²) in [5, 5.41) is 4.46. The van der Waals surface area contributed by atoms with E-state index in [1.54, 1.807) is 0 Å². The van der Waals surface area contributed by atoms with E-state index in [2.05, 4.69) is 27.9 Å². The second kappa shape index (κ2) is 9.04. The van der Waals surface area contributed by atoms with Crippen LogP contribution >= 0.6 is 45.8 Å². The summed E-state index contributed by atoms with van der Waals surface area (Å²) in [5.41, 5.74) is 2.96. The monoisotopic (exact) mass is 537 g/mol. The standard InChI is InChI=1S/C23H18Cl2INO2/c24-17-7-3-15(4-8-17)21-22(16-5-9-18(25)10-6-16)29-20(23(28)27-21)13-14-1-11-19(26)12-2-14/h1-12,20-22H,13H2,(H,27,28)/t20-,21+,22-/m1/s1. The Morgan fingerprint density at radius 3 is 1.97 bits per heavy atom. The van der Waals surface area contributed by atoms with E-state index >= 15 is 0 Å². The fourth-order valence-electron chi connectivity index (χ4n) is 3.47. The summed E-state index contributed by atoms with van der Waals surface area (Å²) in [7, 11) is 0. The minimum atomic E-state index is -0.570. The molecule has 1 heterocycles. The first kappa shape index (κ1) is 20.7. The van der Waals surface area contributed by atoms with Crippen LogP contribution in [0.15, 0.2) is 72.8 Å². The highest BCUT2D eigenvalue weighted by atomic mass is 127. The molecule has 4 rings (SSSR count). The van der Waals surface area contributed by atoms with Crippen LogP contribution in [0, 0.1) is 3.57 Å². The van der Waals surface area contributed by atoms with E-state index in [1.807, 2.05) is 72.8 Å². The number of halogens is 3. The van der Waals surface area contributed by atoms with Gasteiger partial charge >= 0.3 is 0 Å². The number of morpholine rings is 1. The number of carbonyl (C=O) groups is 1. The van der Waals surface area contributed by atoms with Gasteiger partial charge in [0.05, 0.1) is 6.04 Å². The van der Waals surface area contributed by atoms with Gasteiger partial charge in [-0.3, -0.25) is 4.79 Å². The summed E-state index contributed by atoms with van der Waals surface area (Å²) in [6.07, 6.45) is -0.389. The van der Waals surface area contributed by atoms with E-state index in [0.29, 0.717) is 16.5 Å². The number of hydrogen-bond acceptors (Lipinski definition) is 2. The van der Waals surface area contributed by atoms with Crippen LogP contribution in [0.4, 0.5) is 0 Å². The summed E-state index contributed by atoms with van der Waals surface area (Å²) in [6.45, 7) is 0. The average molecular weight is 538 g/mol. The molecule has 29 heavy (non-hydrogen) atoms. The molecule has 0 saturated carbocycles. The smallest absolute Gasteiger partial charge is 0.250 e. The predicted molar refractivity (Wildman–Crippen MR) is 124 cm³/mol. The zero-order valence-electron chi connectivity index (χ0n) is 15.3. The zero-order valence-corrected chi connectivity index (χ0v) is 19.0. The zero-order chi connectivity index (χ0) is 20.4. The third-order valence-corrected chi connectivity index (χ3v) is 6.19. The van der Waals surface area contributed by atoms with E-state index in [9.17, 15) is 4.79 Å². The van der Waals surface area contributed by atoms with Crippen molar-refractivity contribution in [2.24, 2.45) is 0 Å². The lowest BCUT2D eigenvalue weighted by molar-refractivity contribution is -0.150. The Hall–Kier alpha value is -1.60. The molecule has 1 saturated heterocycles. The first-order valence-corrected chi connectivity index (χ1v) is 11.0. The molecule has 148 valence electrons. The number of ether oxygens (including phenoxy) is 1. The summed E-state index contributed by atoms with van der Waals surface area (Å²) < 4.78 is 7.52. The Morgan fingerprint density at radius 1 is 0.828 bits per heavy atom. The van der Waals surface area contributed by atoms with Gasteiger partial charge in [0.15, 0.2) is 0 Å². The number of rotatable bonds is 4. The Kier molecular flexibility index (Phi) is 6.44. The Balaban J connectivity index is 1.64. The van der Waals surface area contributed by atoms with Crippen LogP contribution in [0.5, 0.6) is 0 Å². The highest BCUT2D eigenvalue weighted by Crippen LogP contribution is 2.37. The molecule has 1 aliphatic heterocycles. The molecule has 1 N–H and O–H groups in total. The van der Waals surface area contributed by atoms with Gasteiger partial charge in [0.2, 0.25) is 5.91 Å². The van der Waals surface area contributed by atoms with Crippen molar-refractivity contribution >= 4 is 51.7 Å². The largest absolute Gasteiger partial charge is 0.358 e. The summed E-state index contributed by atoms with van der Waals surface area (Å²) >= 11 is 14.4. The van der Waals surface area contributed by atoms with E-state index in [4.69, 9.17) is 27.9 Å². The SMILES string of the molecule is O=C1N[C@@H](c2ccc(Cl)cc2)[C@@H](c2ccc(Cl)cc2)O[C@@H]1Cc1ccc(I)cc1. The van der Waals surface area contributed by atoms with Crippen LogP contribution in [0.1, 0.15) is 28.8 Å². The van der Waals surface area contributed by atoms with E-state index in [1.165, 1.54) is 0 Å². The van der Waals surface area contributed by atoms with Gasteiger partial charge in [0, 0.05) is 20.0 Å². The van der Waals surface area contributed by atoms with Crippen molar-refractivity contribution in [2.75, 3.05) is 0 Å². The van der Waals surface area contributed by atoms with Crippen molar-refractivity contribution in [1.82, 2.24) is 5.32 Å². The minimum absolute atomic E-state index is 0.117. The first-order chi connectivity index (χ1) is 14.0. The Labute approximate surface area is 193 Å². The molecule has 0 spiro atoms.